The molecule has 0 aliphatic heterocycles. The van der Waals surface area contributed by atoms with Crippen LogP contribution in [0.4, 0.5) is 0 Å². The van der Waals surface area contributed by atoms with E-state index in [0.717, 1.165) is 21.9 Å². The summed E-state index contributed by atoms with van der Waals surface area (Å²) >= 11 is 2.02. The van der Waals surface area contributed by atoms with Gasteiger partial charge < -0.3 is 9.84 Å². The van der Waals surface area contributed by atoms with E-state index in [1.807, 2.05) is 72.0 Å². The topological polar surface area (TPSA) is 70.9 Å². The van der Waals surface area contributed by atoms with Crippen molar-refractivity contribution in [1.29, 1.82) is 0 Å². The minimum atomic E-state index is -0.193. The lowest BCUT2D eigenvalue weighted by molar-refractivity contribution is -0.120. The van der Waals surface area contributed by atoms with Gasteiger partial charge in [-0.2, -0.15) is 5.10 Å². The van der Waals surface area contributed by atoms with Crippen LogP contribution in [0.1, 0.15) is 18.1 Å². The van der Waals surface area contributed by atoms with E-state index in [0.29, 0.717) is 15.9 Å². The number of aromatic hydroxyl groups is 1. The number of phenolic OH excluding ortho intramolecular Hbond substituents is 1. The molecule has 6 heteroatoms. The molecule has 3 aromatic carbocycles. The van der Waals surface area contributed by atoms with Crippen LogP contribution in [0, 0.1) is 3.57 Å². The van der Waals surface area contributed by atoms with Crippen LogP contribution < -0.4 is 10.2 Å². The Morgan fingerprint density at radius 2 is 2.00 bits per heavy atom. The van der Waals surface area contributed by atoms with Gasteiger partial charge in [-0.25, -0.2) is 5.43 Å². The molecule has 0 saturated heterocycles. The Labute approximate surface area is 171 Å². The van der Waals surface area contributed by atoms with Gasteiger partial charge in [0, 0.05) is 0 Å². The monoisotopic (exact) mass is 474 g/mol. The van der Waals surface area contributed by atoms with Crippen molar-refractivity contribution in [2.75, 3.05) is 6.61 Å². The van der Waals surface area contributed by atoms with Gasteiger partial charge in [0.15, 0.2) is 11.5 Å². The lowest BCUT2D eigenvalue weighted by Gasteiger charge is -2.08. The second kappa shape index (κ2) is 8.85. The summed E-state index contributed by atoms with van der Waals surface area (Å²) in [7, 11) is 0. The minimum absolute atomic E-state index is 0.106. The van der Waals surface area contributed by atoms with Gasteiger partial charge >= 0.3 is 0 Å². The predicted octanol–water partition coefficient (Wildman–Crippen LogP) is 4.24. The normalized spacial score (nSPS) is 11.0. The summed E-state index contributed by atoms with van der Waals surface area (Å²) in [6.45, 7) is 2.30. The number of nitrogens with one attached hydrogen (secondary N) is 1. The van der Waals surface area contributed by atoms with Gasteiger partial charge in [0.25, 0.3) is 0 Å². The number of halogens is 1. The van der Waals surface area contributed by atoms with Crippen LogP contribution in [0.2, 0.25) is 0 Å². The smallest absolute Gasteiger partial charge is 0.244 e. The van der Waals surface area contributed by atoms with E-state index < -0.39 is 0 Å². The van der Waals surface area contributed by atoms with Gasteiger partial charge in [-0.05, 0) is 63.5 Å². The van der Waals surface area contributed by atoms with E-state index >= 15 is 0 Å². The molecule has 0 aliphatic carbocycles. The van der Waals surface area contributed by atoms with Crippen LogP contribution in [0.25, 0.3) is 10.8 Å². The number of benzene rings is 3. The van der Waals surface area contributed by atoms with Crippen molar-refractivity contribution in [3.63, 3.8) is 0 Å². The van der Waals surface area contributed by atoms with Gasteiger partial charge in [0.2, 0.25) is 5.91 Å². The van der Waals surface area contributed by atoms with Gasteiger partial charge in [-0.1, -0.05) is 42.5 Å². The van der Waals surface area contributed by atoms with Gasteiger partial charge in [0.05, 0.1) is 22.8 Å². The fraction of sp³-hybridized carbons (Fsp3) is 0.143. The Morgan fingerprint density at radius 1 is 1.22 bits per heavy atom. The Kier molecular flexibility index (Phi) is 6.28. The molecule has 0 fully saturated rings. The fourth-order valence-corrected chi connectivity index (χ4v) is 3.40. The first-order valence-electron chi connectivity index (χ1n) is 8.52. The molecule has 5 nitrogen and oxygen atoms in total. The van der Waals surface area contributed by atoms with Crippen LogP contribution in [0.3, 0.4) is 0 Å². The van der Waals surface area contributed by atoms with Crippen molar-refractivity contribution in [2.24, 2.45) is 5.10 Å². The fourth-order valence-electron chi connectivity index (χ4n) is 2.77. The molecule has 0 saturated carbocycles. The summed E-state index contributed by atoms with van der Waals surface area (Å²) < 4.78 is 6.06. The Morgan fingerprint density at radius 3 is 2.81 bits per heavy atom. The van der Waals surface area contributed by atoms with Crippen LogP contribution in [0.15, 0.2) is 59.7 Å². The Balaban J connectivity index is 1.68. The molecular formula is C21H19IN2O3. The van der Waals surface area contributed by atoms with Crippen LogP contribution in [-0.4, -0.2) is 23.8 Å². The van der Waals surface area contributed by atoms with Crippen LogP contribution in [-0.2, 0) is 11.2 Å². The molecule has 0 unspecified atom stereocenters. The SMILES string of the molecule is CCOc1cc(/C=N/NC(=O)Cc2cccc3ccccc23)cc(I)c1O. The number of carbonyl (C=O) groups is 1. The molecule has 0 aliphatic rings. The van der Waals surface area contributed by atoms with Crippen molar-refractivity contribution >= 4 is 45.5 Å². The first kappa shape index (κ1) is 19.2. The number of hydrazone groups is 1. The summed E-state index contributed by atoms with van der Waals surface area (Å²) in [6.07, 6.45) is 1.78. The molecule has 0 heterocycles. The average Bonchev–Trinajstić information content (AvgIpc) is 2.66. The van der Waals surface area contributed by atoms with Crippen LogP contribution in [0.5, 0.6) is 11.5 Å². The summed E-state index contributed by atoms with van der Waals surface area (Å²) in [5.41, 5.74) is 4.24. The van der Waals surface area contributed by atoms with E-state index in [-0.39, 0.29) is 18.1 Å². The number of carbonyl (C=O) groups excluding carboxylic acids is 1. The number of rotatable bonds is 6. The zero-order chi connectivity index (χ0) is 19.2. The molecular weight excluding hydrogens is 455 g/mol. The number of phenols is 1. The van der Waals surface area contributed by atoms with E-state index in [9.17, 15) is 9.90 Å². The van der Waals surface area contributed by atoms with E-state index in [1.165, 1.54) is 6.21 Å². The largest absolute Gasteiger partial charge is 0.504 e. The highest BCUT2D eigenvalue weighted by molar-refractivity contribution is 14.1. The zero-order valence-corrected chi connectivity index (χ0v) is 16.9. The summed E-state index contributed by atoms with van der Waals surface area (Å²) in [5.74, 6) is 0.309. The van der Waals surface area contributed by atoms with E-state index in [4.69, 9.17) is 4.74 Å². The van der Waals surface area contributed by atoms with Crippen LogP contribution >= 0.6 is 22.6 Å². The third-order valence-corrected chi connectivity index (χ3v) is 4.81. The highest BCUT2D eigenvalue weighted by atomic mass is 127. The molecule has 3 rings (SSSR count). The first-order valence-corrected chi connectivity index (χ1v) is 9.60. The molecule has 0 aromatic heterocycles. The minimum Gasteiger partial charge on any atom is -0.504 e. The van der Waals surface area contributed by atoms with Gasteiger partial charge in [-0.3, -0.25) is 4.79 Å². The molecule has 0 radical (unpaired) electrons. The Hall–Kier alpha value is -2.61. The molecule has 1 amide bonds. The highest BCUT2D eigenvalue weighted by Crippen LogP contribution is 2.32. The van der Waals surface area contributed by atoms with E-state index in [1.54, 1.807) is 12.1 Å². The van der Waals surface area contributed by atoms with Crippen molar-refractivity contribution in [3.05, 3.63) is 69.3 Å². The van der Waals surface area contributed by atoms with Crippen molar-refractivity contribution < 1.29 is 14.6 Å². The molecule has 3 aromatic rings. The molecule has 2 N–H and O–H groups in total. The second-order valence-corrected chi connectivity index (χ2v) is 7.05. The van der Waals surface area contributed by atoms with Crippen molar-refractivity contribution in [1.82, 2.24) is 5.43 Å². The lowest BCUT2D eigenvalue weighted by atomic mass is 10.0. The number of hydrogen-bond donors (Lipinski definition) is 2. The predicted molar refractivity (Wildman–Crippen MR) is 115 cm³/mol. The number of amides is 1. The molecule has 0 bridgehead atoms. The molecule has 27 heavy (non-hydrogen) atoms. The number of ether oxygens (including phenoxy) is 1. The number of fused-ring (bicyclic) bond motifs is 1. The maximum absolute atomic E-state index is 12.2. The standard InChI is InChI=1S/C21H19IN2O3/c1-2-27-19-11-14(10-18(22)21(19)26)13-23-24-20(25)12-16-8-5-7-15-6-3-4-9-17(15)16/h3-11,13,26H,2,12H2,1H3,(H,24,25)/b23-13+. The molecule has 0 spiro atoms. The molecule has 138 valence electrons. The lowest BCUT2D eigenvalue weighted by Crippen LogP contribution is -2.19. The van der Waals surface area contributed by atoms with Gasteiger partial charge in [-0.15, -0.1) is 0 Å². The first-order chi connectivity index (χ1) is 13.1. The van der Waals surface area contributed by atoms with Crippen molar-refractivity contribution in [3.8, 4) is 11.5 Å². The maximum atomic E-state index is 12.2. The summed E-state index contributed by atoms with van der Waals surface area (Å²) in [6, 6.07) is 17.3. The third-order valence-electron chi connectivity index (χ3n) is 3.98. The maximum Gasteiger partial charge on any atom is 0.244 e. The number of hydrogen-bond acceptors (Lipinski definition) is 4. The molecule has 0 atom stereocenters. The van der Waals surface area contributed by atoms with Gasteiger partial charge in [0.1, 0.15) is 0 Å². The average molecular weight is 474 g/mol. The zero-order valence-electron chi connectivity index (χ0n) is 14.8. The Bertz CT molecular complexity index is 997. The van der Waals surface area contributed by atoms with E-state index in [2.05, 4.69) is 10.5 Å². The quantitative estimate of drug-likeness (QED) is 0.319. The summed E-state index contributed by atoms with van der Waals surface area (Å²) in [5, 5.41) is 16.2. The summed E-state index contributed by atoms with van der Waals surface area (Å²) in [4.78, 5) is 12.2. The second-order valence-electron chi connectivity index (χ2n) is 5.89. The van der Waals surface area contributed by atoms with Crippen molar-refractivity contribution in [2.45, 2.75) is 13.3 Å². The highest BCUT2D eigenvalue weighted by Gasteiger charge is 2.09. The number of nitrogens with zero attached hydrogens (tertiary/aromatic N) is 1. The third kappa shape index (κ3) is 4.77.